The maximum atomic E-state index is 10.0. The fourth-order valence-electron chi connectivity index (χ4n) is 0.707. The molecule has 1 aromatic heterocycles. The van der Waals surface area contributed by atoms with E-state index in [-0.39, 0.29) is 0 Å². The van der Waals surface area contributed by atoms with Crippen LogP contribution >= 0.6 is 0 Å². The second-order valence-electron chi connectivity index (χ2n) is 2.00. The number of hydrogen-bond acceptors (Lipinski definition) is 3. The van der Waals surface area contributed by atoms with Gasteiger partial charge in [-0.1, -0.05) is 0 Å². The van der Waals surface area contributed by atoms with E-state index >= 15 is 0 Å². The minimum Gasteiger partial charge on any atom is -0.450 e. The molecule has 1 aromatic rings. The van der Waals surface area contributed by atoms with Gasteiger partial charge in [-0.05, 0) is 6.92 Å². The third-order valence-electron chi connectivity index (χ3n) is 1.18. The van der Waals surface area contributed by atoms with E-state index < -0.39 is 12.3 Å². The maximum Gasteiger partial charge on any atom is 0.506 e. The first kappa shape index (κ1) is 7.59. The molecule has 1 heterocycles. The topological polar surface area (TPSA) is 75.2 Å². The van der Waals surface area contributed by atoms with Gasteiger partial charge in [-0.25, -0.2) is 9.78 Å². The van der Waals surface area contributed by atoms with Gasteiger partial charge in [0.05, 0.1) is 0 Å². The van der Waals surface area contributed by atoms with Crippen LogP contribution in [0.25, 0.3) is 0 Å². The van der Waals surface area contributed by atoms with Crippen molar-refractivity contribution in [2.24, 2.45) is 0 Å². The molecule has 5 heteroatoms. The molecule has 2 N–H and O–H groups in total. The zero-order chi connectivity index (χ0) is 8.27. The van der Waals surface area contributed by atoms with Crippen LogP contribution in [0.3, 0.4) is 0 Å². The highest BCUT2D eigenvalue weighted by Crippen LogP contribution is 2.10. The Bertz CT molecular complexity index is 232. The summed E-state index contributed by atoms with van der Waals surface area (Å²) in [6, 6.07) is 0. The SMILES string of the molecule is CC(OC(=O)O)c1ncc[nH]1. The maximum absolute atomic E-state index is 10.0. The molecule has 0 aliphatic carbocycles. The second kappa shape index (κ2) is 3.05. The molecule has 0 aliphatic heterocycles. The van der Waals surface area contributed by atoms with Crippen LogP contribution in [0.2, 0.25) is 0 Å². The summed E-state index contributed by atoms with van der Waals surface area (Å²) in [4.78, 5) is 16.6. The average molecular weight is 156 g/mol. The number of nitrogens with zero attached hydrogens (tertiary/aromatic N) is 1. The number of nitrogens with one attached hydrogen (secondary N) is 1. The summed E-state index contributed by atoms with van der Waals surface area (Å²) in [6.07, 6.45) is 1.31. The lowest BCUT2D eigenvalue weighted by Gasteiger charge is -2.05. The largest absolute Gasteiger partial charge is 0.506 e. The lowest BCUT2D eigenvalue weighted by atomic mass is 10.4. The monoisotopic (exact) mass is 156 g/mol. The van der Waals surface area contributed by atoms with Gasteiger partial charge < -0.3 is 14.8 Å². The Kier molecular flexibility index (Phi) is 2.10. The highest BCUT2D eigenvalue weighted by Gasteiger charge is 2.11. The van der Waals surface area contributed by atoms with Crippen molar-refractivity contribution in [3.8, 4) is 0 Å². The molecule has 0 fully saturated rings. The summed E-state index contributed by atoms with van der Waals surface area (Å²) in [5.74, 6) is 0.507. The van der Waals surface area contributed by atoms with Gasteiger partial charge in [-0.2, -0.15) is 0 Å². The van der Waals surface area contributed by atoms with Crippen molar-refractivity contribution in [1.82, 2.24) is 9.97 Å². The van der Waals surface area contributed by atoms with E-state index in [0.717, 1.165) is 0 Å². The predicted molar refractivity (Wildman–Crippen MR) is 36.1 cm³/mol. The van der Waals surface area contributed by atoms with Crippen LogP contribution in [0.1, 0.15) is 18.9 Å². The van der Waals surface area contributed by atoms with E-state index in [2.05, 4.69) is 14.7 Å². The van der Waals surface area contributed by atoms with Gasteiger partial charge >= 0.3 is 6.16 Å². The van der Waals surface area contributed by atoms with E-state index in [0.29, 0.717) is 5.82 Å². The number of carboxylic acid groups (broad SMARTS) is 1. The van der Waals surface area contributed by atoms with E-state index in [1.54, 1.807) is 13.1 Å². The van der Waals surface area contributed by atoms with E-state index in [1.807, 2.05) is 0 Å². The molecular formula is C6H8N2O3. The van der Waals surface area contributed by atoms with Crippen molar-refractivity contribution in [2.75, 3.05) is 0 Å². The van der Waals surface area contributed by atoms with E-state index in [1.165, 1.54) is 6.20 Å². The average Bonchev–Trinajstić information content (AvgIpc) is 2.35. The molecule has 0 aliphatic rings. The number of rotatable bonds is 2. The number of hydrogen-bond donors (Lipinski definition) is 2. The van der Waals surface area contributed by atoms with Gasteiger partial charge in [-0.15, -0.1) is 0 Å². The smallest absolute Gasteiger partial charge is 0.450 e. The Labute approximate surface area is 63.0 Å². The van der Waals surface area contributed by atoms with Crippen molar-refractivity contribution in [1.29, 1.82) is 0 Å². The zero-order valence-electron chi connectivity index (χ0n) is 5.94. The predicted octanol–water partition coefficient (Wildman–Crippen LogP) is 1.17. The van der Waals surface area contributed by atoms with Crippen LogP contribution < -0.4 is 0 Å². The van der Waals surface area contributed by atoms with Crippen molar-refractivity contribution in [3.05, 3.63) is 18.2 Å². The minimum atomic E-state index is -1.30. The Balaban J connectivity index is 2.56. The quantitative estimate of drug-likeness (QED) is 0.630. The lowest BCUT2D eigenvalue weighted by Crippen LogP contribution is -2.06. The number of aromatic nitrogens is 2. The van der Waals surface area contributed by atoms with Gasteiger partial charge in [0.25, 0.3) is 0 Å². The molecular weight excluding hydrogens is 148 g/mol. The van der Waals surface area contributed by atoms with Gasteiger partial charge in [0.2, 0.25) is 0 Å². The standard InChI is InChI=1S/C6H8N2O3/c1-4(11-6(9)10)5-7-2-3-8-5/h2-4H,1H3,(H,7,8)(H,9,10). The van der Waals surface area contributed by atoms with Crippen molar-refractivity contribution in [2.45, 2.75) is 13.0 Å². The molecule has 0 saturated heterocycles. The first-order valence-electron chi connectivity index (χ1n) is 3.09. The molecule has 0 aromatic carbocycles. The molecule has 0 radical (unpaired) electrons. The first-order chi connectivity index (χ1) is 5.20. The van der Waals surface area contributed by atoms with Crippen molar-refractivity contribution >= 4 is 6.16 Å². The number of imidazole rings is 1. The number of ether oxygens (including phenoxy) is 1. The first-order valence-corrected chi connectivity index (χ1v) is 3.09. The fourth-order valence-corrected chi connectivity index (χ4v) is 0.707. The molecule has 1 rings (SSSR count). The van der Waals surface area contributed by atoms with Crippen molar-refractivity contribution in [3.63, 3.8) is 0 Å². The van der Waals surface area contributed by atoms with Crippen LogP contribution in [-0.2, 0) is 4.74 Å². The summed E-state index contributed by atoms with van der Waals surface area (Å²) >= 11 is 0. The Morgan fingerprint density at radius 1 is 1.91 bits per heavy atom. The van der Waals surface area contributed by atoms with Crippen LogP contribution in [0.5, 0.6) is 0 Å². The van der Waals surface area contributed by atoms with E-state index in [4.69, 9.17) is 5.11 Å². The Hall–Kier alpha value is -1.52. The fraction of sp³-hybridized carbons (Fsp3) is 0.333. The zero-order valence-corrected chi connectivity index (χ0v) is 5.94. The summed E-state index contributed by atoms with van der Waals surface area (Å²) < 4.78 is 4.42. The molecule has 5 nitrogen and oxygen atoms in total. The number of carbonyl (C=O) groups is 1. The molecule has 60 valence electrons. The molecule has 11 heavy (non-hydrogen) atoms. The second-order valence-corrected chi connectivity index (χ2v) is 2.00. The van der Waals surface area contributed by atoms with Crippen LogP contribution in [0.15, 0.2) is 12.4 Å². The molecule has 0 spiro atoms. The summed E-state index contributed by atoms with van der Waals surface area (Å²) in [7, 11) is 0. The van der Waals surface area contributed by atoms with Gasteiger partial charge in [0, 0.05) is 12.4 Å². The van der Waals surface area contributed by atoms with Gasteiger partial charge in [-0.3, -0.25) is 0 Å². The number of H-pyrrole nitrogens is 1. The van der Waals surface area contributed by atoms with Gasteiger partial charge in [0.1, 0.15) is 5.82 Å². The van der Waals surface area contributed by atoms with Gasteiger partial charge in [0.15, 0.2) is 6.10 Å². The summed E-state index contributed by atoms with van der Waals surface area (Å²) in [5, 5.41) is 8.22. The highest BCUT2D eigenvalue weighted by molar-refractivity contribution is 5.57. The Morgan fingerprint density at radius 2 is 2.64 bits per heavy atom. The summed E-state index contributed by atoms with van der Waals surface area (Å²) in [5.41, 5.74) is 0. The lowest BCUT2D eigenvalue weighted by molar-refractivity contribution is 0.0556. The normalized spacial score (nSPS) is 12.5. The molecule has 1 atom stereocenters. The third-order valence-corrected chi connectivity index (χ3v) is 1.18. The van der Waals surface area contributed by atoms with Crippen molar-refractivity contribution < 1.29 is 14.6 Å². The summed E-state index contributed by atoms with van der Waals surface area (Å²) in [6.45, 7) is 1.60. The Morgan fingerprint density at radius 3 is 3.09 bits per heavy atom. The number of aromatic amines is 1. The van der Waals surface area contributed by atoms with Crippen LogP contribution in [-0.4, -0.2) is 21.2 Å². The molecule has 0 bridgehead atoms. The highest BCUT2D eigenvalue weighted by atomic mass is 16.7. The van der Waals surface area contributed by atoms with Crippen LogP contribution in [0.4, 0.5) is 4.79 Å². The molecule has 0 amide bonds. The molecule has 1 unspecified atom stereocenters. The minimum absolute atomic E-state index is 0.507. The molecule has 0 saturated carbocycles. The van der Waals surface area contributed by atoms with E-state index in [9.17, 15) is 4.79 Å². The van der Waals surface area contributed by atoms with Crippen LogP contribution in [0, 0.1) is 0 Å². The third kappa shape index (κ3) is 1.96.